The van der Waals surface area contributed by atoms with Crippen LogP contribution in [0.4, 0.5) is 17.3 Å². The van der Waals surface area contributed by atoms with Crippen LogP contribution in [0.15, 0.2) is 43.1 Å². The van der Waals surface area contributed by atoms with Gasteiger partial charge in [-0.2, -0.15) is 0 Å². The number of piperidine rings is 1. The molecule has 3 saturated carbocycles. The van der Waals surface area contributed by atoms with Crippen molar-refractivity contribution < 1.29 is 9.59 Å². The van der Waals surface area contributed by atoms with Crippen LogP contribution in [-0.4, -0.2) is 47.7 Å². The fourth-order valence-corrected chi connectivity index (χ4v) is 5.91. The lowest BCUT2D eigenvalue weighted by Gasteiger charge is -2.20. The van der Waals surface area contributed by atoms with Crippen LogP contribution in [0.1, 0.15) is 60.3 Å². The fraction of sp³-hybridized carbons (Fsp3) is 0.414. The number of rotatable bonds is 8. The third-order valence-electron chi connectivity index (χ3n) is 8.51. The van der Waals surface area contributed by atoms with Gasteiger partial charge in [0.1, 0.15) is 23.8 Å². The van der Waals surface area contributed by atoms with E-state index in [-0.39, 0.29) is 29.6 Å². The summed E-state index contributed by atoms with van der Waals surface area (Å²) in [5, 5.41) is 6.21. The summed E-state index contributed by atoms with van der Waals surface area (Å²) in [6, 6.07) is 5.75. The summed E-state index contributed by atoms with van der Waals surface area (Å²) < 4.78 is 2.06. The summed E-state index contributed by atoms with van der Waals surface area (Å²) in [4.78, 5) is 49.9. The van der Waals surface area contributed by atoms with E-state index in [4.69, 9.17) is 4.98 Å². The Morgan fingerprint density at radius 2 is 1.93 bits per heavy atom. The normalized spacial score (nSPS) is 24.7. The first kappa shape index (κ1) is 23.5. The van der Waals surface area contributed by atoms with Gasteiger partial charge in [-0.05, 0) is 62.1 Å². The van der Waals surface area contributed by atoms with E-state index in [2.05, 4.69) is 47.2 Å². The predicted octanol–water partition coefficient (Wildman–Crippen LogP) is 3.44. The van der Waals surface area contributed by atoms with Crippen molar-refractivity contribution in [2.75, 3.05) is 22.1 Å². The predicted molar refractivity (Wildman–Crippen MR) is 147 cm³/mol. The quantitative estimate of drug-likeness (QED) is 0.351. The van der Waals surface area contributed by atoms with Crippen LogP contribution in [-0.2, 0) is 16.1 Å². The molecule has 0 aromatic carbocycles. The second kappa shape index (κ2) is 8.80. The Kier molecular flexibility index (Phi) is 5.17. The van der Waals surface area contributed by atoms with Gasteiger partial charge in [0.15, 0.2) is 5.65 Å². The highest BCUT2D eigenvalue weighted by molar-refractivity contribution is 6.02. The lowest BCUT2D eigenvalue weighted by molar-refractivity contribution is -0.119. The lowest BCUT2D eigenvalue weighted by Crippen LogP contribution is -2.28. The molecule has 4 aliphatic rings. The zero-order valence-electron chi connectivity index (χ0n) is 22.1. The van der Waals surface area contributed by atoms with Gasteiger partial charge in [0.05, 0.1) is 17.9 Å². The van der Waals surface area contributed by atoms with Crippen LogP contribution in [0, 0.1) is 24.7 Å². The van der Waals surface area contributed by atoms with Crippen molar-refractivity contribution >= 4 is 34.8 Å². The molecule has 0 radical (unpaired) electrons. The molecule has 4 fully saturated rings. The molecule has 5 heterocycles. The van der Waals surface area contributed by atoms with Gasteiger partial charge in [-0.15, -0.1) is 0 Å². The number of carbonyl (C=O) groups is 2. The van der Waals surface area contributed by atoms with Crippen LogP contribution in [0.25, 0.3) is 5.65 Å². The van der Waals surface area contributed by atoms with Crippen molar-refractivity contribution in [3.63, 3.8) is 0 Å². The second-order valence-corrected chi connectivity index (χ2v) is 11.6. The number of carbonyl (C=O) groups excluding carboxylic acids is 2. The summed E-state index contributed by atoms with van der Waals surface area (Å²) in [5.74, 6) is 3.06. The maximum Gasteiger partial charge on any atom is 0.230 e. The number of anilines is 3. The molecule has 4 atom stereocenters. The van der Waals surface area contributed by atoms with Crippen LogP contribution in [0.2, 0.25) is 0 Å². The number of pyridine rings is 1. The smallest absolute Gasteiger partial charge is 0.230 e. The Morgan fingerprint density at radius 3 is 2.73 bits per heavy atom. The molecule has 4 aromatic rings. The highest BCUT2D eigenvalue weighted by Gasteiger charge is 2.53. The molecule has 1 saturated heterocycles. The zero-order valence-corrected chi connectivity index (χ0v) is 22.1. The average Bonchev–Trinajstić information content (AvgIpc) is 3.85. The molecular weight excluding hydrogens is 506 g/mol. The van der Waals surface area contributed by atoms with Crippen molar-refractivity contribution in [2.45, 2.75) is 51.0 Å². The summed E-state index contributed by atoms with van der Waals surface area (Å²) in [6.07, 6.45) is 11.5. The molecule has 202 valence electrons. The topological polar surface area (TPSA) is 130 Å². The number of fused-ring (bicyclic) bond motifs is 2. The molecule has 11 heteroatoms. The van der Waals surface area contributed by atoms with Crippen molar-refractivity contribution in [1.82, 2.24) is 29.3 Å². The van der Waals surface area contributed by atoms with Crippen molar-refractivity contribution in [3.8, 4) is 0 Å². The van der Waals surface area contributed by atoms with Crippen molar-refractivity contribution in [3.05, 3.63) is 65.9 Å². The van der Waals surface area contributed by atoms with E-state index < -0.39 is 0 Å². The third-order valence-corrected chi connectivity index (χ3v) is 8.51. The van der Waals surface area contributed by atoms with Crippen LogP contribution in [0.5, 0.6) is 0 Å². The molecule has 4 aromatic heterocycles. The van der Waals surface area contributed by atoms with E-state index in [1.807, 2.05) is 24.1 Å². The first-order chi connectivity index (χ1) is 19.5. The molecule has 0 bridgehead atoms. The van der Waals surface area contributed by atoms with Gasteiger partial charge in [-0.3, -0.25) is 9.59 Å². The Morgan fingerprint density at radius 1 is 1.05 bits per heavy atom. The zero-order chi connectivity index (χ0) is 27.0. The Balaban J connectivity index is 0.962. The van der Waals surface area contributed by atoms with E-state index in [1.165, 1.54) is 24.7 Å². The molecule has 40 heavy (non-hydrogen) atoms. The number of amides is 2. The SMILES string of the molecule is Cc1ccnc([C@@H]2C[C@H]2C(=O)Nc2cc(NCc3cn4cc(C5CC5)cc(N5C[C@H]6C[C@H]6C5=O)c4n3)ncn2)n1. The number of imidazole rings is 1. The van der Waals surface area contributed by atoms with Crippen LogP contribution < -0.4 is 15.5 Å². The van der Waals surface area contributed by atoms with Gasteiger partial charge in [0, 0.05) is 54.6 Å². The maximum absolute atomic E-state index is 12.9. The number of hydrogen-bond donors (Lipinski definition) is 2. The molecule has 2 amide bonds. The monoisotopic (exact) mass is 535 g/mol. The van der Waals surface area contributed by atoms with Crippen LogP contribution >= 0.6 is 0 Å². The van der Waals surface area contributed by atoms with Gasteiger partial charge in [0.25, 0.3) is 0 Å². The molecular formula is C29H29N9O2. The Hall–Kier alpha value is -4.41. The van der Waals surface area contributed by atoms with E-state index >= 15 is 0 Å². The molecule has 1 aliphatic heterocycles. The first-order valence-electron chi connectivity index (χ1n) is 14.0. The third kappa shape index (κ3) is 4.25. The van der Waals surface area contributed by atoms with Crippen molar-refractivity contribution in [1.29, 1.82) is 0 Å². The van der Waals surface area contributed by atoms with E-state index in [9.17, 15) is 9.59 Å². The van der Waals surface area contributed by atoms with Gasteiger partial charge in [-0.1, -0.05) is 0 Å². The maximum atomic E-state index is 12.9. The van der Waals surface area contributed by atoms with Gasteiger partial charge >= 0.3 is 0 Å². The number of nitrogens with one attached hydrogen (secondary N) is 2. The fourth-order valence-electron chi connectivity index (χ4n) is 5.91. The number of aryl methyl sites for hydroxylation is 1. The minimum atomic E-state index is -0.158. The average molecular weight is 536 g/mol. The molecule has 2 N–H and O–H groups in total. The van der Waals surface area contributed by atoms with Crippen molar-refractivity contribution in [2.24, 2.45) is 17.8 Å². The number of aromatic nitrogens is 6. The Bertz CT molecular complexity index is 1680. The first-order valence-corrected chi connectivity index (χ1v) is 14.0. The van der Waals surface area contributed by atoms with E-state index in [0.717, 1.165) is 47.9 Å². The lowest BCUT2D eigenvalue weighted by atomic mass is 10.1. The molecule has 3 aliphatic carbocycles. The summed E-state index contributed by atoms with van der Waals surface area (Å²) >= 11 is 0. The Labute approximate surface area is 230 Å². The minimum absolute atomic E-state index is 0.0429. The minimum Gasteiger partial charge on any atom is -0.364 e. The van der Waals surface area contributed by atoms with Gasteiger partial charge < -0.3 is 19.9 Å². The second-order valence-electron chi connectivity index (χ2n) is 11.6. The molecule has 11 nitrogen and oxygen atoms in total. The molecule has 8 rings (SSSR count). The highest BCUT2D eigenvalue weighted by atomic mass is 16.2. The number of nitrogens with zero attached hydrogens (tertiary/aromatic N) is 7. The van der Waals surface area contributed by atoms with Crippen LogP contribution in [0.3, 0.4) is 0 Å². The highest BCUT2D eigenvalue weighted by Crippen LogP contribution is 2.49. The number of hydrogen-bond acceptors (Lipinski definition) is 8. The van der Waals surface area contributed by atoms with E-state index in [0.29, 0.717) is 30.0 Å². The van der Waals surface area contributed by atoms with Gasteiger partial charge in [-0.25, -0.2) is 24.9 Å². The standard InChI is InChI=1S/C29H29N9O2/c1-15-4-5-30-26(34-15)21-8-22(21)28(39)36-25-9-24(32-14-33-25)31-10-19-13-37-11-17(16-2-3-16)7-23(27(37)35-19)38-12-18-6-20(18)29(38)40/h4-5,7,9,11,13-14,16,18,20-22H,2-3,6,8,10,12H2,1H3,(H2,31,32,33,36,39)/t18-,20-,21-,22-/m1/s1. The molecule has 0 spiro atoms. The largest absolute Gasteiger partial charge is 0.364 e. The summed E-state index contributed by atoms with van der Waals surface area (Å²) in [6.45, 7) is 3.16. The summed E-state index contributed by atoms with van der Waals surface area (Å²) in [5.41, 5.74) is 4.75. The molecule has 0 unspecified atom stereocenters. The van der Waals surface area contributed by atoms with E-state index in [1.54, 1.807) is 12.3 Å². The summed E-state index contributed by atoms with van der Waals surface area (Å²) in [7, 11) is 0. The van der Waals surface area contributed by atoms with Gasteiger partial charge in [0.2, 0.25) is 11.8 Å².